The Morgan fingerprint density at radius 2 is 0.957 bits per heavy atom. The Bertz CT molecular complexity index is 309. The fourth-order valence-corrected chi connectivity index (χ4v) is 5.91. The van der Waals surface area contributed by atoms with Crippen molar-refractivity contribution in [2.45, 2.75) is 70.0 Å². The maximum Gasteiger partial charge on any atom is 0.0283 e. The van der Waals surface area contributed by atoms with Gasteiger partial charge in [-0.2, -0.15) is 0 Å². The minimum absolute atomic E-state index is 0.422. The van der Waals surface area contributed by atoms with E-state index in [1.807, 2.05) is 0 Å². The molecule has 0 saturated heterocycles. The van der Waals surface area contributed by atoms with Crippen molar-refractivity contribution in [1.82, 2.24) is 0 Å². The van der Waals surface area contributed by atoms with Gasteiger partial charge in [0, 0.05) is 10.7 Å². The third kappa shape index (κ3) is 13.6. The number of unbranched alkanes of at least 4 members (excludes halogenated alkanes) is 3. The summed E-state index contributed by atoms with van der Waals surface area (Å²) in [5.41, 5.74) is 2.65. The molecule has 0 radical (unpaired) electrons. The Hall–Kier alpha value is 0.610. The largest absolute Gasteiger partial charge is 0.107 e. The fraction of sp³-hybridized carbons (Fsp3) is 0.700. The number of halogens is 2. The first-order valence-corrected chi connectivity index (χ1v) is 13.3. The highest BCUT2D eigenvalue weighted by molar-refractivity contribution is 9.08. The van der Waals surface area contributed by atoms with Gasteiger partial charge >= 0.3 is 0 Å². The van der Waals surface area contributed by atoms with Crippen LogP contribution in [0.5, 0.6) is 0 Å². The van der Waals surface area contributed by atoms with E-state index < -0.39 is 0 Å². The van der Waals surface area contributed by atoms with Gasteiger partial charge in [-0.15, -0.1) is 7.92 Å². The Morgan fingerprint density at radius 1 is 0.652 bits per heavy atom. The summed E-state index contributed by atoms with van der Waals surface area (Å²) in [5.74, 6) is 0. The molecule has 23 heavy (non-hydrogen) atoms. The molecule has 0 amide bonds. The van der Waals surface area contributed by atoms with Gasteiger partial charge in [-0.3, -0.25) is 0 Å². The lowest BCUT2D eigenvalue weighted by Crippen LogP contribution is -1.95. The predicted molar refractivity (Wildman–Crippen MR) is 118 cm³/mol. The molecule has 0 unspecified atom stereocenters. The molecule has 0 bridgehead atoms. The third-order valence-corrected chi connectivity index (χ3v) is 7.96. The summed E-state index contributed by atoms with van der Waals surface area (Å²) in [6.07, 6.45) is 13.2. The van der Waals surface area contributed by atoms with E-state index in [9.17, 15) is 0 Å². The van der Waals surface area contributed by atoms with Crippen LogP contribution in [0.2, 0.25) is 0 Å². The zero-order chi connectivity index (χ0) is 17.3. The molecule has 0 aliphatic carbocycles. The molecule has 0 nitrogen and oxygen atoms in total. The van der Waals surface area contributed by atoms with Crippen molar-refractivity contribution in [3.05, 3.63) is 35.4 Å². The zero-order valence-corrected chi connectivity index (χ0v) is 19.4. The van der Waals surface area contributed by atoms with Crippen molar-refractivity contribution in [2.75, 3.05) is 18.5 Å². The normalized spacial score (nSPS) is 10.5. The maximum atomic E-state index is 3.39. The minimum Gasteiger partial charge on any atom is -0.107 e. The van der Waals surface area contributed by atoms with Crippen LogP contribution in [0.4, 0.5) is 0 Å². The van der Waals surface area contributed by atoms with Crippen LogP contribution in [-0.4, -0.2) is 18.5 Å². The summed E-state index contributed by atoms with van der Waals surface area (Å²) in [6, 6.07) is 8.52. The standard InChI is InChI=1S/C12H27P.C8H8Br2/c1-4-7-10-13(11-8-5-2)12-9-6-3;9-5-7-1-2-8(6-10)4-3-7/h4-12H2,1-3H3;1-4H,5-6H2. The fourth-order valence-electron chi connectivity index (χ4n) is 2.20. The molecule has 0 fully saturated rings. The second-order valence-electron chi connectivity index (χ2n) is 5.99. The van der Waals surface area contributed by atoms with Crippen LogP contribution < -0.4 is 0 Å². The van der Waals surface area contributed by atoms with Crippen molar-refractivity contribution in [3.8, 4) is 0 Å². The first-order valence-electron chi connectivity index (χ1n) is 9.13. The van der Waals surface area contributed by atoms with Gasteiger partial charge < -0.3 is 0 Å². The van der Waals surface area contributed by atoms with Gasteiger partial charge in [0.2, 0.25) is 0 Å². The lowest BCUT2D eigenvalue weighted by atomic mass is 10.2. The summed E-state index contributed by atoms with van der Waals surface area (Å²) in [7, 11) is 0.422. The number of alkyl halides is 2. The van der Waals surface area contributed by atoms with E-state index >= 15 is 0 Å². The van der Waals surface area contributed by atoms with Crippen LogP contribution in [-0.2, 0) is 10.7 Å². The summed E-state index contributed by atoms with van der Waals surface area (Å²) in [6.45, 7) is 6.94. The predicted octanol–water partition coefficient (Wildman–Crippen LogP) is 8.35. The molecule has 134 valence electrons. The van der Waals surface area contributed by atoms with Gasteiger partial charge in [0.25, 0.3) is 0 Å². The van der Waals surface area contributed by atoms with Crippen LogP contribution in [0.15, 0.2) is 24.3 Å². The number of hydrogen-bond donors (Lipinski definition) is 0. The molecule has 0 saturated carbocycles. The van der Waals surface area contributed by atoms with Gasteiger partial charge in [0.1, 0.15) is 0 Å². The van der Waals surface area contributed by atoms with Crippen LogP contribution >= 0.6 is 39.8 Å². The molecule has 0 N–H and O–H groups in total. The molecule has 0 atom stereocenters. The number of benzene rings is 1. The van der Waals surface area contributed by atoms with E-state index in [1.54, 1.807) is 18.5 Å². The van der Waals surface area contributed by atoms with Crippen LogP contribution in [0, 0.1) is 0 Å². The lowest BCUT2D eigenvalue weighted by molar-refractivity contribution is 0.847. The Morgan fingerprint density at radius 3 is 1.17 bits per heavy atom. The highest BCUT2D eigenvalue weighted by Gasteiger charge is 2.05. The highest BCUT2D eigenvalue weighted by Crippen LogP contribution is 2.38. The van der Waals surface area contributed by atoms with E-state index in [1.165, 1.54) is 49.7 Å². The Labute approximate surface area is 163 Å². The molecular formula is C20H35Br2P. The maximum absolute atomic E-state index is 3.39. The van der Waals surface area contributed by atoms with Gasteiger partial charge in [0.15, 0.2) is 0 Å². The highest BCUT2D eigenvalue weighted by atomic mass is 79.9. The van der Waals surface area contributed by atoms with Crippen molar-refractivity contribution >= 4 is 39.8 Å². The second-order valence-corrected chi connectivity index (χ2v) is 9.79. The van der Waals surface area contributed by atoms with Crippen molar-refractivity contribution in [2.24, 2.45) is 0 Å². The average Bonchev–Trinajstić information content (AvgIpc) is 2.61. The van der Waals surface area contributed by atoms with Crippen LogP contribution in [0.25, 0.3) is 0 Å². The lowest BCUT2D eigenvalue weighted by Gasteiger charge is -2.16. The van der Waals surface area contributed by atoms with E-state index in [2.05, 4.69) is 76.9 Å². The summed E-state index contributed by atoms with van der Waals surface area (Å²) in [4.78, 5) is 0. The number of rotatable bonds is 11. The van der Waals surface area contributed by atoms with Crippen LogP contribution in [0.1, 0.15) is 70.4 Å². The molecule has 0 aliphatic rings. The zero-order valence-electron chi connectivity index (χ0n) is 15.3. The van der Waals surface area contributed by atoms with Gasteiger partial charge in [-0.25, -0.2) is 0 Å². The van der Waals surface area contributed by atoms with Crippen molar-refractivity contribution in [1.29, 1.82) is 0 Å². The molecule has 0 aromatic heterocycles. The Balaban J connectivity index is 0.000000433. The van der Waals surface area contributed by atoms with E-state index in [0.717, 1.165) is 10.7 Å². The average molecular weight is 466 g/mol. The molecule has 1 aromatic carbocycles. The third-order valence-electron chi connectivity index (χ3n) is 3.82. The molecular weight excluding hydrogens is 431 g/mol. The summed E-state index contributed by atoms with van der Waals surface area (Å²) < 4.78 is 0. The van der Waals surface area contributed by atoms with E-state index in [4.69, 9.17) is 0 Å². The molecule has 0 spiro atoms. The molecule has 1 aromatic rings. The first-order chi connectivity index (χ1) is 11.2. The van der Waals surface area contributed by atoms with Crippen LogP contribution in [0.3, 0.4) is 0 Å². The summed E-state index contributed by atoms with van der Waals surface area (Å²) >= 11 is 6.78. The Kier molecular flexibility index (Phi) is 17.9. The SMILES string of the molecule is BrCc1ccc(CBr)cc1.CCCCP(CCCC)CCCC. The van der Waals surface area contributed by atoms with Crippen molar-refractivity contribution in [3.63, 3.8) is 0 Å². The molecule has 0 aliphatic heterocycles. The molecule has 0 heterocycles. The van der Waals surface area contributed by atoms with Gasteiger partial charge in [0.05, 0.1) is 0 Å². The van der Waals surface area contributed by atoms with E-state index in [0.29, 0.717) is 7.92 Å². The molecule has 3 heteroatoms. The summed E-state index contributed by atoms with van der Waals surface area (Å²) in [5, 5.41) is 1.88. The van der Waals surface area contributed by atoms with Gasteiger partial charge in [-0.1, -0.05) is 96.2 Å². The van der Waals surface area contributed by atoms with E-state index in [-0.39, 0.29) is 0 Å². The second kappa shape index (κ2) is 17.4. The van der Waals surface area contributed by atoms with Gasteiger partial charge in [-0.05, 0) is 48.9 Å². The first kappa shape index (κ1) is 23.6. The smallest absolute Gasteiger partial charge is 0.0283 e. The monoisotopic (exact) mass is 464 g/mol. The number of hydrogen-bond acceptors (Lipinski definition) is 0. The minimum atomic E-state index is 0.422. The topological polar surface area (TPSA) is 0 Å². The molecule has 1 rings (SSSR count). The van der Waals surface area contributed by atoms with Crippen molar-refractivity contribution < 1.29 is 0 Å². The quantitative estimate of drug-likeness (QED) is 0.227.